The zero-order valence-electron chi connectivity index (χ0n) is 7.28. The molecule has 1 fully saturated rings. The lowest BCUT2D eigenvalue weighted by Crippen LogP contribution is -2.26. The number of hydrogen-bond donors (Lipinski definition) is 1. The van der Waals surface area contributed by atoms with Crippen molar-refractivity contribution in [1.29, 1.82) is 0 Å². The fourth-order valence-electron chi connectivity index (χ4n) is 1.63. The van der Waals surface area contributed by atoms with E-state index >= 15 is 0 Å². The monoisotopic (exact) mass is 197 g/mol. The lowest BCUT2D eigenvalue weighted by Gasteiger charge is -2.18. The summed E-state index contributed by atoms with van der Waals surface area (Å²) < 4.78 is 0. The summed E-state index contributed by atoms with van der Waals surface area (Å²) in [7, 11) is 0. The lowest BCUT2D eigenvalue weighted by atomic mass is 10.3. The van der Waals surface area contributed by atoms with E-state index in [-0.39, 0.29) is 6.04 Å². The van der Waals surface area contributed by atoms with Gasteiger partial charge in [0, 0.05) is 31.5 Å². The van der Waals surface area contributed by atoms with Crippen molar-refractivity contribution in [3.05, 3.63) is 23.5 Å². The zero-order chi connectivity index (χ0) is 9.26. The number of pyridine rings is 1. The maximum Gasteiger partial charge on any atom is 0.0822 e. The number of nitrogens with zero attached hydrogens (tertiary/aromatic N) is 2. The van der Waals surface area contributed by atoms with Crippen molar-refractivity contribution >= 4 is 17.3 Å². The quantitative estimate of drug-likeness (QED) is 0.738. The molecule has 0 aromatic carbocycles. The summed E-state index contributed by atoms with van der Waals surface area (Å²) in [5.74, 6) is 0. The molecule has 1 aliphatic heterocycles. The molecule has 0 bridgehead atoms. The molecular formula is C9H12ClN3. The molecule has 70 valence electrons. The first-order chi connectivity index (χ1) is 6.27. The molecule has 2 heterocycles. The molecule has 1 aliphatic rings. The number of rotatable bonds is 1. The Morgan fingerprint density at radius 1 is 1.62 bits per heavy atom. The molecule has 0 aliphatic carbocycles. The standard InChI is InChI=1S/C9H12ClN3/c10-8-5-12-3-1-9(8)13-4-2-7(11)6-13/h1,3,5,7H,2,4,6,11H2. The van der Waals surface area contributed by atoms with E-state index in [1.54, 1.807) is 12.4 Å². The van der Waals surface area contributed by atoms with Gasteiger partial charge in [-0.05, 0) is 12.5 Å². The van der Waals surface area contributed by atoms with Gasteiger partial charge in [-0.15, -0.1) is 0 Å². The smallest absolute Gasteiger partial charge is 0.0822 e. The fraction of sp³-hybridized carbons (Fsp3) is 0.444. The van der Waals surface area contributed by atoms with E-state index in [9.17, 15) is 0 Å². The minimum absolute atomic E-state index is 0.282. The molecule has 1 atom stereocenters. The summed E-state index contributed by atoms with van der Waals surface area (Å²) >= 11 is 6.01. The summed E-state index contributed by atoms with van der Waals surface area (Å²) in [5, 5.41) is 0.705. The molecular weight excluding hydrogens is 186 g/mol. The molecule has 4 heteroatoms. The van der Waals surface area contributed by atoms with Crippen molar-refractivity contribution in [2.24, 2.45) is 5.73 Å². The van der Waals surface area contributed by atoms with Crippen LogP contribution in [0, 0.1) is 0 Å². The summed E-state index contributed by atoms with van der Waals surface area (Å²) in [6.45, 7) is 1.88. The highest BCUT2D eigenvalue weighted by molar-refractivity contribution is 6.33. The molecule has 3 nitrogen and oxygen atoms in total. The number of halogens is 1. The van der Waals surface area contributed by atoms with E-state index in [4.69, 9.17) is 17.3 Å². The van der Waals surface area contributed by atoms with E-state index in [0.29, 0.717) is 5.02 Å². The average Bonchev–Trinajstić information content (AvgIpc) is 2.53. The van der Waals surface area contributed by atoms with E-state index < -0.39 is 0 Å². The second-order valence-electron chi connectivity index (χ2n) is 3.32. The normalized spacial score (nSPS) is 22.3. The van der Waals surface area contributed by atoms with Crippen molar-refractivity contribution < 1.29 is 0 Å². The molecule has 1 saturated heterocycles. The van der Waals surface area contributed by atoms with Crippen LogP contribution < -0.4 is 10.6 Å². The fourth-order valence-corrected chi connectivity index (χ4v) is 1.87. The number of anilines is 1. The molecule has 1 aromatic rings. The molecule has 0 amide bonds. The van der Waals surface area contributed by atoms with E-state index in [0.717, 1.165) is 25.2 Å². The van der Waals surface area contributed by atoms with Crippen molar-refractivity contribution in [3.8, 4) is 0 Å². The van der Waals surface area contributed by atoms with E-state index in [1.807, 2.05) is 6.07 Å². The van der Waals surface area contributed by atoms with Gasteiger partial charge in [0.1, 0.15) is 0 Å². The van der Waals surface area contributed by atoms with Gasteiger partial charge in [0.25, 0.3) is 0 Å². The van der Waals surface area contributed by atoms with Gasteiger partial charge in [0.2, 0.25) is 0 Å². The Morgan fingerprint density at radius 3 is 3.08 bits per heavy atom. The average molecular weight is 198 g/mol. The van der Waals surface area contributed by atoms with Crippen LogP contribution in [0.5, 0.6) is 0 Å². The van der Waals surface area contributed by atoms with Gasteiger partial charge in [-0.3, -0.25) is 4.98 Å². The summed E-state index contributed by atoms with van der Waals surface area (Å²) in [4.78, 5) is 6.15. The largest absolute Gasteiger partial charge is 0.369 e. The van der Waals surface area contributed by atoms with Crippen LogP contribution in [0.3, 0.4) is 0 Å². The van der Waals surface area contributed by atoms with Gasteiger partial charge >= 0.3 is 0 Å². The van der Waals surface area contributed by atoms with Crippen molar-refractivity contribution in [1.82, 2.24) is 4.98 Å². The first kappa shape index (κ1) is 8.78. The minimum Gasteiger partial charge on any atom is -0.369 e. The third-order valence-electron chi connectivity index (χ3n) is 2.32. The summed E-state index contributed by atoms with van der Waals surface area (Å²) in [5.41, 5.74) is 6.86. The lowest BCUT2D eigenvalue weighted by molar-refractivity contribution is 0.752. The maximum absolute atomic E-state index is 6.01. The highest BCUT2D eigenvalue weighted by Gasteiger charge is 2.20. The minimum atomic E-state index is 0.282. The van der Waals surface area contributed by atoms with Crippen molar-refractivity contribution in [2.75, 3.05) is 18.0 Å². The Labute approximate surface area is 82.5 Å². The van der Waals surface area contributed by atoms with Gasteiger partial charge in [0.15, 0.2) is 0 Å². The van der Waals surface area contributed by atoms with Crippen LogP contribution in [0.2, 0.25) is 5.02 Å². The molecule has 2 N–H and O–H groups in total. The third kappa shape index (κ3) is 1.76. The van der Waals surface area contributed by atoms with Gasteiger partial charge in [0.05, 0.1) is 10.7 Å². The van der Waals surface area contributed by atoms with Crippen molar-refractivity contribution in [3.63, 3.8) is 0 Å². The second-order valence-corrected chi connectivity index (χ2v) is 3.73. The van der Waals surface area contributed by atoms with Gasteiger partial charge in [-0.2, -0.15) is 0 Å². The van der Waals surface area contributed by atoms with Crippen LogP contribution in [0.4, 0.5) is 5.69 Å². The Balaban J connectivity index is 2.21. The molecule has 13 heavy (non-hydrogen) atoms. The number of aromatic nitrogens is 1. The second kappa shape index (κ2) is 3.52. The highest BCUT2D eigenvalue weighted by atomic mass is 35.5. The first-order valence-corrected chi connectivity index (χ1v) is 4.75. The number of nitrogens with two attached hydrogens (primary N) is 1. The third-order valence-corrected chi connectivity index (χ3v) is 2.61. The molecule has 1 aromatic heterocycles. The molecule has 0 spiro atoms. The van der Waals surface area contributed by atoms with Crippen LogP contribution in [0.15, 0.2) is 18.5 Å². The van der Waals surface area contributed by atoms with Crippen LogP contribution in [-0.4, -0.2) is 24.1 Å². The molecule has 0 radical (unpaired) electrons. The molecule has 2 rings (SSSR count). The summed E-state index contributed by atoms with van der Waals surface area (Å²) in [6.07, 6.45) is 4.46. The summed E-state index contributed by atoms with van der Waals surface area (Å²) in [6, 6.07) is 2.21. The van der Waals surface area contributed by atoms with Crippen LogP contribution >= 0.6 is 11.6 Å². The Kier molecular flexibility index (Phi) is 2.38. The number of hydrogen-bond acceptors (Lipinski definition) is 3. The Bertz CT molecular complexity index is 303. The molecule has 1 unspecified atom stereocenters. The Morgan fingerprint density at radius 2 is 2.46 bits per heavy atom. The van der Waals surface area contributed by atoms with Crippen LogP contribution in [0.1, 0.15) is 6.42 Å². The van der Waals surface area contributed by atoms with Gasteiger partial charge in [-0.25, -0.2) is 0 Å². The SMILES string of the molecule is NC1CCN(c2ccncc2Cl)C1. The van der Waals surface area contributed by atoms with Gasteiger partial charge < -0.3 is 10.6 Å². The van der Waals surface area contributed by atoms with Crippen molar-refractivity contribution in [2.45, 2.75) is 12.5 Å². The zero-order valence-corrected chi connectivity index (χ0v) is 8.04. The topological polar surface area (TPSA) is 42.1 Å². The van der Waals surface area contributed by atoms with E-state index in [1.165, 1.54) is 0 Å². The molecule has 0 saturated carbocycles. The van der Waals surface area contributed by atoms with Crippen LogP contribution in [0.25, 0.3) is 0 Å². The predicted molar refractivity (Wildman–Crippen MR) is 54.1 cm³/mol. The van der Waals surface area contributed by atoms with E-state index in [2.05, 4.69) is 9.88 Å². The highest BCUT2D eigenvalue weighted by Crippen LogP contribution is 2.26. The first-order valence-electron chi connectivity index (χ1n) is 4.37. The van der Waals surface area contributed by atoms with Crippen LogP contribution in [-0.2, 0) is 0 Å². The Hall–Kier alpha value is -0.800. The van der Waals surface area contributed by atoms with Gasteiger partial charge in [-0.1, -0.05) is 11.6 Å². The maximum atomic E-state index is 6.01. The predicted octanol–water partition coefficient (Wildman–Crippen LogP) is 1.27.